The summed E-state index contributed by atoms with van der Waals surface area (Å²) in [5.74, 6) is -0.327. The Kier molecular flexibility index (Phi) is 5.41. The van der Waals surface area contributed by atoms with Crippen molar-refractivity contribution < 1.29 is 23.0 Å². The number of hydrogen-bond donors (Lipinski definition) is 2. The minimum atomic E-state index is -0.989. The average Bonchev–Trinajstić information content (AvgIpc) is 3.13. The van der Waals surface area contributed by atoms with E-state index in [2.05, 4.69) is 34.7 Å². The Labute approximate surface area is 185 Å². The van der Waals surface area contributed by atoms with Crippen LogP contribution >= 0.6 is 0 Å². The molecule has 5 rings (SSSR count). The van der Waals surface area contributed by atoms with Gasteiger partial charge in [0.05, 0.1) is 0 Å². The van der Waals surface area contributed by atoms with Gasteiger partial charge in [0, 0.05) is 29.3 Å². The Morgan fingerprint density at radius 3 is 2.69 bits per heavy atom. The summed E-state index contributed by atoms with van der Waals surface area (Å²) in [7, 11) is 2.13. The molecule has 8 heteroatoms. The highest BCUT2D eigenvalue weighted by molar-refractivity contribution is 5.89. The van der Waals surface area contributed by atoms with Crippen LogP contribution in [0, 0.1) is 11.6 Å². The van der Waals surface area contributed by atoms with Gasteiger partial charge in [0.15, 0.2) is 23.1 Å². The van der Waals surface area contributed by atoms with Crippen LogP contribution in [0.25, 0.3) is 0 Å². The van der Waals surface area contributed by atoms with Crippen molar-refractivity contribution in [3.8, 4) is 11.5 Å². The Hall–Kier alpha value is -2.87. The van der Waals surface area contributed by atoms with E-state index in [1.54, 1.807) is 0 Å². The number of anilines is 1. The molecule has 2 amide bonds. The number of urea groups is 1. The number of rotatable bonds is 3. The van der Waals surface area contributed by atoms with Gasteiger partial charge in [0.25, 0.3) is 0 Å². The van der Waals surface area contributed by atoms with Gasteiger partial charge < -0.3 is 25.0 Å². The van der Waals surface area contributed by atoms with Gasteiger partial charge >= 0.3 is 6.03 Å². The van der Waals surface area contributed by atoms with Crippen LogP contribution < -0.4 is 20.1 Å². The highest BCUT2D eigenvalue weighted by Crippen LogP contribution is 2.50. The van der Waals surface area contributed by atoms with E-state index in [1.807, 2.05) is 6.07 Å². The number of carbonyl (C=O) groups excluding carboxylic acids is 1. The van der Waals surface area contributed by atoms with Crippen molar-refractivity contribution in [1.82, 2.24) is 10.2 Å². The molecule has 32 heavy (non-hydrogen) atoms. The summed E-state index contributed by atoms with van der Waals surface area (Å²) in [6, 6.07) is 9.49. The molecule has 2 N–H and O–H groups in total. The zero-order valence-electron chi connectivity index (χ0n) is 18.0. The first-order valence-electron chi connectivity index (χ1n) is 11.1. The fraction of sp³-hybridized carbons (Fsp3) is 0.458. The fourth-order valence-corrected chi connectivity index (χ4v) is 5.53. The van der Waals surface area contributed by atoms with E-state index in [4.69, 9.17) is 9.47 Å². The van der Waals surface area contributed by atoms with Gasteiger partial charge in [-0.05, 0) is 69.1 Å². The Morgan fingerprint density at radius 1 is 1.06 bits per heavy atom. The third-order valence-corrected chi connectivity index (χ3v) is 7.16. The normalized spacial score (nSPS) is 27.0. The SMILES string of the molecule is CN1CC[C@]2(c3ccc4c(c3)OCCO4)CC[C@H](NC(=O)Nc3ccc(F)c(F)c3)C[C@@H]12. The molecule has 2 aromatic rings. The van der Waals surface area contributed by atoms with Crippen molar-refractivity contribution in [1.29, 1.82) is 0 Å². The molecule has 0 unspecified atom stereocenters. The van der Waals surface area contributed by atoms with Crippen LogP contribution in [0.1, 0.15) is 31.2 Å². The van der Waals surface area contributed by atoms with Crippen LogP contribution in [-0.2, 0) is 5.41 Å². The molecule has 170 valence electrons. The summed E-state index contributed by atoms with van der Waals surface area (Å²) in [4.78, 5) is 14.9. The minimum Gasteiger partial charge on any atom is -0.486 e. The van der Waals surface area contributed by atoms with Gasteiger partial charge in [-0.2, -0.15) is 0 Å². The molecule has 0 radical (unpaired) electrons. The fourth-order valence-electron chi connectivity index (χ4n) is 5.53. The molecule has 3 atom stereocenters. The molecule has 1 aliphatic carbocycles. The summed E-state index contributed by atoms with van der Waals surface area (Å²) < 4.78 is 38.0. The maximum Gasteiger partial charge on any atom is 0.319 e. The minimum absolute atomic E-state index is 0.00354. The number of likely N-dealkylation sites (N-methyl/N-ethyl adjacent to an activating group) is 1. The summed E-state index contributed by atoms with van der Waals surface area (Å²) in [6.07, 6.45) is 3.65. The monoisotopic (exact) mass is 443 g/mol. The van der Waals surface area contributed by atoms with E-state index in [0.29, 0.717) is 13.2 Å². The van der Waals surface area contributed by atoms with Crippen LogP contribution in [0.4, 0.5) is 19.3 Å². The molecule has 3 aliphatic rings. The molecule has 0 spiro atoms. The zero-order valence-corrected chi connectivity index (χ0v) is 18.0. The number of fused-ring (bicyclic) bond motifs is 2. The first kappa shape index (κ1) is 21.0. The number of halogens is 2. The van der Waals surface area contributed by atoms with Crippen LogP contribution in [0.5, 0.6) is 11.5 Å². The quantitative estimate of drug-likeness (QED) is 0.751. The van der Waals surface area contributed by atoms with E-state index < -0.39 is 17.7 Å². The van der Waals surface area contributed by atoms with Gasteiger partial charge in [-0.3, -0.25) is 0 Å². The highest BCUT2D eigenvalue weighted by Gasteiger charge is 2.50. The van der Waals surface area contributed by atoms with Crippen molar-refractivity contribution in [3.05, 3.63) is 53.6 Å². The van der Waals surface area contributed by atoms with Crippen LogP contribution in [0.2, 0.25) is 0 Å². The van der Waals surface area contributed by atoms with Gasteiger partial charge in [0.1, 0.15) is 13.2 Å². The summed E-state index contributed by atoms with van der Waals surface area (Å²) in [5.41, 5.74) is 1.50. The topological polar surface area (TPSA) is 62.8 Å². The van der Waals surface area contributed by atoms with E-state index in [-0.39, 0.29) is 23.2 Å². The van der Waals surface area contributed by atoms with Crippen LogP contribution in [0.15, 0.2) is 36.4 Å². The first-order valence-corrected chi connectivity index (χ1v) is 11.1. The Morgan fingerprint density at radius 2 is 1.88 bits per heavy atom. The molecule has 1 saturated carbocycles. The maximum absolute atomic E-state index is 13.4. The Balaban J connectivity index is 1.29. The maximum atomic E-state index is 13.4. The number of benzene rings is 2. The number of hydrogen-bond acceptors (Lipinski definition) is 4. The second-order valence-electron chi connectivity index (χ2n) is 8.96. The van der Waals surface area contributed by atoms with Crippen LogP contribution in [0.3, 0.4) is 0 Å². The van der Waals surface area contributed by atoms with Crippen molar-refractivity contribution in [2.24, 2.45) is 0 Å². The number of nitrogens with zero attached hydrogens (tertiary/aromatic N) is 1. The molecule has 6 nitrogen and oxygen atoms in total. The predicted molar refractivity (Wildman–Crippen MR) is 116 cm³/mol. The Bertz CT molecular complexity index is 1030. The smallest absolute Gasteiger partial charge is 0.319 e. The first-order chi connectivity index (χ1) is 15.4. The van der Waals surface area contributed by atoms with Crippen molar-refractivity contribution in [2.45, 2.75) is 43.2 Å². The molecule has 2 aliphatic heterocycles. The molecule has 2 fully saturated rings. The van der Waals surface area contributed by atoms with Gasteiger partial charge in [-0.15, -0.1) is 0 Å². The van der Waals surface area contributed by atoms with Crippen molar-refractivity contribution in [2.75, 3.05) is 32.1 Å². The van der Waals surface area contributed by atoms with E-state index in [1.165, 1.54) is 11.6 Å². The molecule has 2 heterocycles. The number of likely N-dealkylation sites (tertiary alicyclic amines) is 1. The second-order valence-corrected chi connectivity index (χ2v) is 8.96. The molecule has 2 aromatic carbocycles. The van der Waals surface area contributed by atoms with Gasteiger partial charge in [-0.25, -0.2) is 13.6 Å². The van der Waals surface area contributed by atoms with Crippen molar-refractivity contribution >= 4 is 11.7 Å². The molecule has 1 saturated heterocycles. The third kappa shape index (κ3) is 3.77. The van der Waals surface area contributed by atoms with E-state index >= 15 is 0 Å². The van der Waals surface area contributed by atoms with E-state index in [0.717, 1.165) is 55.9 Å². The number of carbonyl (C=O) groups is 1. The average molecular weight is 443 g/mol. The lowest BCUT2D eigenvalue weighted by Crippen LogP contribution is -2.52. The summed E-state index contributed by atoms with van der Waals surface area (Å²) in [6.45, 7) is 2.13. The zero-order chi connectivity index (χ0) is 22.3. The number of ether oxygens (including phenoxy) is 2. The number of nitrogens with one attached hydrogen (secondary N) is 2. The third-order valence-electron chi connectivity index (χ3n) is 7.16. The molecular formula is C24H27F2N3O3. The lowest BCUT2D eigenvalue weighted by Gasteiger charge is -2.45. The van der Waals surface area contributed by atoms with Crippen molar-refractivity contribution in [3.63, 3.8) is 0 Å². The van der Waals surface area contributed by atoms with E-state index in [9.17, 15) is 13.6 Å². The molecule has 0 aromatic heterocycles. The standard InChI is InChI=1S/C24H27F2N3O3/c1-29-9-8-24(15-2-5-20-21(12-15)32-11-10-31-20)7-6-17(14-22(24)29)28-23(30)27-16-3-4-18(25)19(26)13-16/h2-5,12-13,17,22H,6-11,14H2,1H3,(H2,27,28,30)/t17-,22+,24-/m0/s1. The predicted octanol–water partition coefficient (Wildman–Crippen LogP) is 4.05. The van der Waals surface area contributed by atoms with Crippen LogP contribution in [-0.4, -0.2) is 49.8 Å². The second kappa shape index (κ2) is 8.24. The molecule has 0 bridgehead atoms. The van der Waals surface area contributed by atoms with Gasteiger partial charge in [0.2, 0.25) is 0 Å². The summed E-state index contributed by atoms with van der Waals surface area (Å²) >= 11 is 0. The lowest BCUT2D eigenvalue weighted by atomic mass is 9.65. The lowest BCUT2D eigenvalue weighted by molar-refractivity contribution is 0.153. The summed E-state index contributed by atoms with van der Waals surface area (Å²) in [5, 5.41) is 5.62. The largest absolute Gasteiger partial charge is 0.486 e. The number of amides is 2. The van der Waals surface area contributed by atoms with Gasteiger partial charge in [-0.1, -0.05) is 6.07 Å². The highest BCUT2D eigenvalue weighted by atomic mass is 19.2. The molecular weight excluding hydrogens is 416 g/mol.